The number of amides is 1. The van der Waals surface area contributed by atoms with Crippen molar-refractivity contribution in [1.82, 2.24) is 0 Å². The van der Waals surface area contributed by atoms with Gasteiger partial charge in [-0.3, -0.25) is 4.79 Å². The number of morpholine rings is 1. The molecule has 0 unspecified atom stereocenters. The highest BCUT2D eigenvalue weighted by molar-refractivity contribution is 6.62. The fourth-order valence-corrected chi connectivity index (χ4v) is 3.65. The van der Waals surface area contributed by atoms with Crippen molar-refractivity contribution in [1.29, 1.82) is 0 Å². The van der Waals surface area contributed by atoms with Crippen LogP contribution in [0.2, 0.25) is 0 Å². The number of carbonyl (C=O) groups is 1. The molecule has 0 spiro atoms. The van der Waals surface area contributed by atoms with E-state index in [1.54, 1.807) is 6.07 Å². The lowest BCUT2D eigenvalue weighted by atomic mass is 9.78. The molecule has 27 heavy (non-hydrogen) atoms. The van der Waals surface area contributed by atoms with E-state index < -0.39 is 12.7 Å². The van der Waals surface area contributed by atoms with Crippen molar-refractivity contribution in [2.24, 2.45) is 0 Å². The summed E-state index contributed by atoms with van der Waals surface area (Å²) < 4.78 is 10.9. The third-order valence-corrected chi connectivity index (χ3v) is 5.14. The number of carbonyl (C=O) groups excluding carboxylic acids is 1. The summed E-state index contributed by atoms with van der Waals surface area (Å²) >= 11 is 0. The maximum Gasteiger partial charge on any atom is 0.492 e. The van der Waals surface area contributed by atoms with Crippen molar-refractivity contribution in [2.75, 3.05) is 36.5 Å². The van der Waals surface area contributed by atoms with E-state index in [0.29, 0.717) is 16.7 Å². The first kappa shape index (κ1) is 18.0. The van der Waals surface area contributed by atoms with Crippen LogP contribution in [0.1, 0.15) is 29.8 Å². The molecular formula is C20H23BN2O4. The lowest BCUT2D eigenvalue weighted by Crippen LogP contribution is -2.36. The van der Waals surface area contributed by atoms with E-state index in [2.05, 4.69) is 10.2 Å². The number of fused-ring (bicyclic) bond motifs is 1. The molecule has 0 bridgehead atoms. The first-order chi connectivity index (χ1) is 12.9. The molecule has 0 radical (unpaired) electrons. The van der Waals surface area contributed by atoms with Crippen molar-refractivity contribution < 1.29 is 19.2 Å². The summed E-state index contributed by atoms with van der Waals surface area (Å²) in [5.41, 5.74) is 3.41. The summed E-state index contributed by atoms with van der Waals surface area (Å²) in [6, 6.07) is 13.1. The van der Waals surface area contributed by atoms with Crippen LogP contribution in [0.3, 0.4) is 0 Å². The molecule has 2 aromatic rings. The number of hydrogen-bond donors (Lipinski definition) is 2. The average Bonchev–Trinajstić information content (AvgIpc) is 2.91. The summed E-state index contributed by atoms with van der Waals surface area (Å²) in [6.45, 7) is 7.01. The Labute approximate surface area is 159 Å². The van der Waals surface area contributed by atoms with Crippen LogP contribution in [-0.4, -0.2) is 44.4 Å². The highest BCUT2D eigenvalue weighted by Gasteiger charge is 2.40. The van der Waals surface area contributed by atoms with Crippen molar-refractivity contribution >= 4 is 29.9 Å². The third-order valence-electron chi connectivity index (χ3n) is 5.14. The summed E-state index contributed by atoms with van der Waals surface area (Å²) in [5, 5.41) is 13.0. The van der Waals surface area contributed by atoms with Gasteiger partial charge in [0.2, 0.25) is 0 Å². The second-order valence-electron chi connectivity index (χ2n) is 7.38. The number of hydrogen-bond acceptors (Lipinski definition) is 5. The van der Waals surface area contributed by atoms with E-state index in [-0.39, 0.29) is 5.91 Å². The summed E-state index contributed by atoms with van der Waals surface area (Å²) in [7, 11) is -0.973. The van der Waals surface area contributed by atoms with Crippen LogP contribution in [0.15, 0.2) is 42.5 Å². The van der Waals surface area contributed by atoms with Gasteiger partial charge in [-0.1, -0.05) is 6.07 Å². The van der Waals surface area contributed by atoms with E-state index in [1.165, 1.54) is 0 Å². The molecule has 4 rings (SSSR count). The van der Waals surface area contributed by atoms with Gasteiger partial charge in [0.1, 0.15) is 0 Å². The monoisotopic (exact) mass is 366 g/mol. The van der Waals surface area contributed by atoms with Crippen molar-refractivity contribution in [3.8, 4) is 0 Å². The zero-order valence-electron chi connectivity index (χ0n) is 15.6. The largest absolute Gasteiger partial charge is 0.492 e. The van der Waals surface area contributed by atoms with Crippen LogP contribution in [0.5, 0.6) is 0 Å². The van der Waals surface area contributed by atoms with Gasteiger partial charge < -0.3 is 24.6 Å². The fraction of sp³-hybridized carbons (Fsp3) is 0.350. The van der Waals surface area contributed by atoms with E-state index in [1.807, 2.05) is 50.2 Å². The Morgan fingerprint density at radius 2 is 1.85 bits per heavy atom. The average molecular weight is 366 g/mol. The number of rotatable bonds is 3. The van der Waals surface area contributed by atoms with Gasteiger partial charge in [-0.15, -0.1) is 0 Å². The first-order valence-corrected chi connectivity index (χ1v) is 9.18. The fourth-order valence-electron chi connectivity index (χ4n) is 3.65. The lowest BCUT2D eigenvalue weighted by Gasteiger charge is -2.28. The van der Waals surface area contributed by atoms with E-state index in [4.69, 9.17) is 9.39 Å². The number of nitrogens with one attached hydrogen (secondary N) is 1. The minimum Gasteiger partial charge on any atom is -0.423 e. The van der Waals surface area contributed by atoms with Gasteiger partial charge in [0.05, 0.1) is 18.8 Å². The molecule has 1 saturated heterocycles. The highest BCUT2D eigenvalue weighted by Crippen LogP contribution is 2.30. The van der Waals surface area contributed by atoms with Crippen molar-refractivity contribution in [3.63, 3.8) is 0 Å². The lowest BCUT2D eigenvalue weighted by molar-refractivity contribution is 0.101. The second kappa shape index (κ2) is 7.00. The van der Waals surface area contributed by atoms with E-state index in [9.17, 15) is 9.82 Å². The second-order valence-corrected chi connectivity index (χ2v) is 7.38. The maximum atomic E-state index is 12.6. The molecule has 6 nitrogen and oxygen atoms in total. The normalized spacial score (nSPS) is 18.3. The maximum absolute atomic E-state index is 12.6. The Morgan fingerprint density at radius 1 is 1.15 bits per heavy atom. The smallest absolute Gasteiger partial charge is 0.423 e. The molecule has 2 aromatic carbocycles. The Hall–Kier alpha value is -2.35. The number of anilines is 2. The van der Waals surface area contributed by atoms with Crippen LogP contribution < -0.4 is 15.7 Å². The number of benzene rings is 2. The van der Waals surface area contributed by atoms with Crippen LogP contribution in [0.25, 0.3) is 0 Å². The molecule has 2 aliphatic heterocycles. The highest BCUT2D eigenvalue weighted by atomic mass is 16.5. The Kier molecular flexibility index (Phi) is 4.67. The molecule has 2 N–H and O–H groups in total. The molecule has 2 heterocycles. The van der Waals surface area contributed by atoms with Gasteiger partial charge in [-0.05, 0) is 61.3 Å². The third kappa shape index (κ3) is 3.58. The zero-order valence-corrected chi connectivity index (χ0v) is 15.6. The van der Waals surface area contributed by atoms with Gasteiger partial charge in [-0.25, -0.2) is 0 Å². The molecule has 7 heteroatoms. The predicted molar refractivity (Wildman–Crippen MR) is 106 cm³/mol. The summed E-state index contributed by atoms with van der Waals surface area (Å²) in [6.07, 6.45) is 0. The van der Waals surface area contributed by atoms with Crippen LogP contribution >= 0.6 is 0 Å². The number of ether oxygens (including phenoxy) is 1. The van der Waals surface area contributed by atoms with Crippen LogP contribution in [-0.2, 0) is 15.0 Å². The van der Waals surface area contributed by atoms with Crippen LogP contribution in [0, 0.1) is 0 Å². The molecule has 2 aliphatic rings. The van der Waals surface area contributed by atoms with E-state index in [0.717, 1.165) is 37.6 Å². The zero-order chi connectivity index (χ0) is 19.0. The predicted octanol–water partition coefficient (Wildman–Crippen LogP) is 1.73. The van der Waals surface area contributed by atoms with Crippen molar-refractivity contribution in [3.05, 3.63) is 53.6 Å². The molecule has 0 saturated carbocycles. The summed E-state index contributed by atoms with van der Waals surface area (Å²) in [4.78, 5) is 14.8. The van der Waals surface area contributed by atoms with Gasteiger partial charge >= 0.3 is 7.12 Å². The standard InChI is InChI=1S/C20H23BN2O4/c1-20(2)17-8-5-15(13-18(17)21(25)27-20)22-19(24)14-3-6-16(7-4-14)23-9-11-26-12-10-23/h3-8,13,25H,9-12H2,1-2H3,(H,22,24). The molecule has 140 valence electrons. The van der Waals surface area contributed by atoms with E-state index >= 15 is 0 Å². The Morgan fingerprint density at radius 3 is 2.56 bits per heavy atom. The first-order valence-electron chi connectivity index (χ1n) is 9.18. The number of nitrogens with zero attached hydrogens (tertiary/aromatic N) is 1. The Balaban J connectivity index is 1.47. The SMILES string of the molecule is CC1(C)OB(O)c2cc(NC(=O)c3ccc(N4CCOCC4)cc3)ccc21. The molecule has 1 amide bonds. The molecular weight excluding hydrogens is 343 g/mol. The Bertz CT molecular complexity index is 848. The van der Waals surface area contributed by atoms with Gasteiger partial charge in [0.25, 0.3) is 5.91 Å². The molecule has 1 fully saturated rings. The van der Waals surface area contributed by atoms with Crippen molar-refractivity contribution in [2.45, 2.75) is 19.4 Å². The molecule has 0 aliphatic carbocycles. The molecule has 0 atom stereocenters. The van der Waals surface area contributed by atoms with Gasteiger partial charge in [0, 0.05) is 30.0 Å². The van der Waals surface area contributed by atoms with Crippen LogP contribution in [0.4, 0.5) is 11.4 Å². The van der Waals surface area contributed by atoms with Gasteiger partial charge in [0.15, 0.2) is 0 Å². The van der Waals surface area contributed by atoms with Gasteiger partial charge in [-0.2, -0.15) is 0 Å². The topological polar surface area (TPSA) is 71.0 Å². The minimum atomic E-state index is -0.973. The quantitative estimate of drug-likeness (QED) is 0.810. The minimum absolute atomic E-state index is 0.184. The molecule has 0 aromatic heterocycles. The summed E-state index contributed by atoms with van der Waals surface area (Å²) in [5.74, 6) is -0.184.